The number of aromatic nitrogens is 2. The molecule has 0 aliphatic heterocycles. The molecule has 0 saturated carbocycles. The predicted octanol–water partition coefficient (Wildman–Crippen LogP) is -0.811. The van der Waals surface area contributed by atoms with Crippen LogP contribution < -0.4 is 10.9 Å². The summed E-state index contributed by atoms with van der Waals surface area (Å²) in [7, 11) is 1.54. The van der Waals surface area contributed by atoms with Crippen LogP contribution in [0.4, 0.5) is 5.82 Å². The molecule has 1 atom stereocenters. The molecule has 1 unspecified atom stereocenters. The van der Waals surface area contributed by atoms with Gasteiger partial charge < -0.3 is 20.1 Å². The third-order valence-electron chi connectivity index (χ3n) is 1.62. The second-order valence-corrected chi connectivity index (χ2v) is 2.78. The van der Waals surface area contributed by atoms with Crippen LogP contribution in [0.15, 0.2) is 17.2 Å². The Morgan fingerprint density at radius 1 is 1.79 bits per heavy atom. The van der Waals surface area contributed by atoms with Crippen LogP contribution in [0.25, 0.3) is 0 Å². The highest BCUT2D eigenvalue weighted by molar-refractivity contribution is 5.32. The molecule has 0 aliphatic carbocycles. The molecule has 78 valence electrons. The number of ether oxygens (including phenoxy) is 1. The fourth-order valence-electron chi connectivity index (χ4n) is 0.998. The van der Waals surface area contributed by atoms with E-state index in [0.29, 0.717) is 12.4 Å². The number of aromatic amines is 1. The topological polar surface area (TPSA) is 87.2 Å². The van der Waals surface area contributed by atoms with E-state index in [1.54, 1.807) is 0 Å². The van der Waals surface area contributed by atoms with Crippen LogP contribution in [0.5, 0.6) is 0 Å². The van der Waals surface area contributed by atoms with Gasteiger partial charge in [0.2, 0.25) is 0 Å². The Kier molecular flexibility index (Phi) is 4.09. The lowest BCUT2D eigenvalue weighted by Crippen LogP contribution is -2.29. The van der Waals surface area contributed by atoms with Crippen LogP contribution in [0, 0.1) is 0 Å². The van der Waals surface area contributed by atoms with Crippen molar-refractivity contribution in [1.82, 2.24) is 9.97 Å². The van der Waals surface area contributed by atoms with Gasteiger partial charge >= 0.3 is 0 Å². The van der Waals surface area contributed by atoms with Crippen LogP contribution in [-0.2, 0) is 4.74 Å². The highest BCUT2D eigenvalue weighted by atomic mass is 16.5. The van der Waals surface area contributed by atoms with Crippen molar-refractivity contribution in [1.29, 1.82) is 0 Å². The number of anilines is 1. The highest BCUT2D eigenvalue weighted by Crippen LogP contribution is 1.98. The number of methoxy groups -OCH3 is 1. The quantitative estimate of drug-likeness (QED) is 0.577. The molecule has 0 fully saturated rings. The Morgan fingerprint density at radius 2 is 2.57 bits per heavy atom. The molecule has 0 aliphatic rings. The van der Waals surface area contributed by atoms with E-state index in [0.717, 1.165) is 0 Å². The molecule has 3 N–H and O–H groups in total. The third kappa shape index (κ3) is 3.15. The summed E-state index contributed by atoms with van der Waals surface area (Å²) < 4.78 is 4.86. The van der Waals surface area contributed by atoms with Gasteiger partial charge in [0.1, 0.15) is 5.82 Å². The second-order valence-electron chi connectivity index (χ2n) is 2.78. The van der Waals surface area contributed by atoms with Gasteiger partial charge in [-0.25, -0.2) is 4.98 Å². The summed E-state index contributed by atoms with van der Waals surface area (Å²) in [5, 5.41) is 11.8. The van der Waals surface area contributed by atoms with Crippen molar-refractivity contribution in [3.63, 3.8) is 0 Å². The van der Waals surface area contributed by atoms with E-state index in [-0.39, 0.29) is 18.2 Å². The van der Waals surface area contributed by atoms with E-state index in [1.165, 1.54) is 19.5 Å². The third-order valence-corrected chi connectivity index (χ3v) is 1.62. The largest absolute Gasteiger partial charge is 0.394 e. The maximum atomic E-state index is 10.9. The molecule has 0 radical (unpaired) electrons. The van der Waals surface area contributed by atoms with Crippen molar-refractivity contribution in [2.24, 2.45) is 0 Å². The second kappa shape index (κ2) is 5.36. The number of aliphatic hydroxyl groups is 1. The minimum Gasteiger partial charge on any atom is -0.394 e. The molecule has 14 heavy (non-hydrogen) atoms. The molecule has 0 bridgehead atoms. The van der Waals surface area contributed by atoms with E-state index in [1.807, 2.05) is 0 Å². The first-order valence-corrected chi connectivity index (χ1v) is 4.17. The van der Waals surface area contributed by atoms with Gasteiger partial charge in [-0.3, -0.25) is 4.79 Å². The van der Waals surface area contributed by atoms with E-state index in [2.05, 4.69) is 15.3 Å². The van der Waals surface area contributed by atoms with Crippen LogP contribution in [0.3, 0.4) is 0 Å². The molecule has 0 spiro atoms. The number of hydrogen-bond donors (Lipinski definition) is 3. The standard InChI is InChI=1S/C8H13N3O3/c1-14-4-6(3-12)11-7-2-8(13)10-5-9-7/h2,5-6,12H,3-4H2,1H3,(H2,9,10,11,13). The smallest absolute Gasteiger partial charge is 0.252 e. The molecular formula is C8H13N3O3. The number of nitrogens with zero attached hydrogens (tertiary/aromatic N) is 1. The first kappa shape index (κ1) is 10.7. The van der Waals surface area contributed by atoms with Crippen LogP contribution in [0.1, 0.15) is 0 Å². The van der Waals surface area contributed by atoms with Crippen molar-refractivity contribution in [2.45, 2.75) is 6.04 Å². The molecule has 1 heterocycles. The SMILES string of the molecule is COCC(CO)Nc1cc(=O)[nH]cn1. The number of nitrogens with one attached hydrogen (secondary N) is 2. The summed E-state index contributed by atoms with van der Waals surface area (Å²) in [6, 6.07) is 1.06. The maximum absolute atomic E-state index is 10.9. The number of H-pyrrole nitrogens is 1. The Hall–Kier alpha value is -1.40. The van der Waals surface area contributed by atoms with Gasteiger partial charge in [0.05, 0.1) is 25.6 Å². The average molecular weight is 199 g/mol. The molecule has 1 rings (SSSR count). The Labute approximate surface area is 80.9 Å². The molecule has 6 heteroatoms. The first-order chi connectivity index (χ1) is 6.76. The Bertz CT molecular complexity index is 326. The number of rotatable bonds is 5. The minimum atomic E-state index is -0.255. The van der Waals surface area contributed by atoms with E-state index in [4.69, 9.17) is 9.84 Å². The highest BCUT2D eigenvalue weighted by Gasteiger charge is 2.06. The lowest BCUT2D eigenvalue weighted by molar-refractivity contribution is 0.153. The summed E-state index contributed by atoms with van der Waals surface area (Å²) in [6.45, 7) is 0.271. The summed E-state index contributed by atoms with van der Waals surface area (Å²) in [6.07, 6.45) is 1.30. The monoisotopic (exact) mass is 199 g/mol. The fraction of sp³-hybridized carbons (Fsp3) is 0.500. The van der Waals surface area contributed by atoms with Gasteiger partial charge in [-0.15, -0.1) is 0 Å². The molecule has 0 amide bonds. The summed E-state index contributed by atoms with van der Waals surface area (Å²) >= 11 is 0. The first-order valence-electron chi connectivity index (χ1n) is 4.17. The maximum Gasteiger partial charge on any atom is 0.252 e. The summed E-state index contributed by atoms with van der Waals surface area (Å²) in [4.78, 5) is 17.2. The van der Waals surface area contributed by atoms with E-state index in [9.17, 15) is 4.79 Å². The fourth-order valence-corrected chi connectivity index (χ4v) is 0.998. The van der Waals surface area contributed by atoms with Crippen LogP contribution in [-0.4, -0.2) is 41.4 Å². The lowest BCUT2D eigenvalue weighted by Gasteiger charge is -2.14. The minimum absolute atomic E-state index is 0.0810. The lowest BCUT2D eigenvalue weighted by atomic mass is 10.3. The van der Waals surface area contributed by atoms with Gasteiger partial charge in [-0.2, -0.15) is 0 Å². The zero-order valence-corrected chi connectivity index (χ0v) is 7.86. The molecular weight excluding hydrogens is 186 g/mol. The molecule has 0 saturated heterocycles. The number of aliphatic hydroxyl groups excluding tert-OH is 1. The number of hydrogen-bond acceptors (Lipinski definition) is 5. The van der Waals surface area contributed by atoms with Gasteiger partial charge in [-0.1, -0.05) is 0 Å². The van der Waals surface area contributed by atoms with Crippen molar-refractivity contribution in [3.05, 3.63) is 22.7 Å². The predicted molar refractivity (Wildman–Crippen MR) is 51.2 cm³/mol. The zero-order chi connectivity index (χ0) is 10.4. The van der Waals surface area contributed by atoms with Crippen molar-refractivity contribution in [2.75, 3.05) is 25.6 Å². The van der Waals surface area contributed by atoms with Crippen molar-refractivity contribution >= 4 is 5.82 Å². The van der Waals surface area contributed by atoms with E-state index >= 15 is 0 Å². The Balaban J connectivity index is 2.62. The van der Waals surface area contributed by atoms with Gasteiger partial charge in [0, 0.05) is 13.2 Å². The van der Waals surface area contributed by atoms with Gasteiger partial charge in [-0.05, 0) is 0 Å². The summed E-state index contributed by atoms with van der Waals surface area (Å²) in [5.41, 5.74) is -0.239. The van der Waals surface area contributed by atoms with Crippen LogP contribution in [0.2, 0.25) is 0 Å². The molecule has 1 aromatic heterocycles. The van der Waals surface area contributed by atoms with Crippen LogP contribution >= 0.6 is 0 Å². The molecule has 1 aromatic rings. The summed E-state index contributed by atoms with van der Waals surface area (Å²) in [5.74, 6) is 0.421. The van der Waals surface area contributed by atoms with Crippen molar-refractivity contribution < 1.29 is 9.84 Å². The molecule has 6 nitrogen and oxygen atoms in total. The normalized spacial score (nSPS) is 12.4. The van der Waals surface area contributed by atoms with Gasteiger partial charge in [0.25, 0.3) is 5.56 Å². The zero-order valence-electron chi connectivity index (χ0n) is 7.86. The van der Waals surface area contributed by atoms with Gasteiger partial charge in [0.15, 0.2) is 0 Å². The average Bonchev–Trinajstić information content (AvgIpc) is 2.17. The van der Waals surface area contributed by atoms with E-state index < -0.39 is 0 Å². The Morgan fingerprint density at radius 3 is 3.14 bits per heavy atom. The molecule has 0 aromatic carbocycles. The van der Waals surface area contributed by atoms with Crippen molar-refractivity contribution in [3.8, 4) is 0 Å².